The first-order valence-corrected chi connectivity index (χ1v) is 15.1. The Hall–Kier alpha value is -4.01. The van der Waals surface area contributed by atoms with Crippen LogP contribution in [0.2, 0.25) is 0 Å². The molecular weight excluding hydrogens is 548 g/mol. The van der Waals surface area contributed by atoms with E-state index in [1.807, 2.05) is 23.1 Å². The average molecular weight is 580 g/mol. The van der Waals surface area contributed by atoms with Crippen LogP contribution in [0.25, 0.3) is 0 Å². The van der Waals surface area contributed by atoms with Crippen molar-refractivity contribution in [2.24, 2.45) is 11.1 Å². The first kappa shape index (κ1) is 28.5. The maximum absolute atomic E-state index is 15.6. The molecule has 2 saturated heterocycles. The molecule has 2 aliphatic rings. The first-order chi connectivity index (χ1) is 19.7. The molecule has 5 rings (SSSR count). The number of primary sulfonamides is 1. The number of piperidine rings is 1. The van der Waals surface area contributed by atoms with Gasteiger partial charge < -0.3 is 14.7 Å². The minimum atomic E-state index is -3.93. The van der Waals surface area contributed by atoms with Crippen LogP contribution >= 0.6 is 0 Å². The number of benzene rings is 3. The van der Waals surface area contributed by atoms with Crippen LogP contribution in [0.3, 0.4) is 0 Å². The van der Waals surface area contributed by atoms with Crippen LogP contribution in [-0.4, -0.2) is 58.5 Å². The monoisotopic (exact) mass is 579 g/mol. The van der Waals surface area contributed by atoms with Gasteiger partial charge >= 0.3 is 0 Å². The molecule has 0 atom stereocenters. The Morgan fingerprint density at radius 1 is 0.878 bits per heavy atom. The molecule has 0 radical (unpaired) electrons. The summed E-state index contributed by atoms with van der Waals surface area (Å²) < 4.78 is 54.5. The molecule has 0 bridgehead atoms. The van der Waals surface area contributed by atoms with Crippen LogP contribution in [0.1, 0.15) is 34.3 Å². The van der Waals surface area contributed by atoms with Gasteiger partial charge in [-0.2, -0.15) is 5.26 Å². The molecule has 0 saturated carbocycles. The van der Waals surface area contributed by atoms with E-state index in [4.69, 9.17) is 5.14 Å². The predicted molar refractivity (Wildman–Crippen MR) is 152 cm³/mol. The van der Waals surface area contributed by atoms with E-state index in [2.05, 4.69) is 11.0 Å². The Morgan fingerprint density at radius 3 is 2.15 bits per heavy atom. The number of nitrogens with two attached hydrogens (primary N) is 1. The van der Waals surface area contributed by atoms with Crippen LogP contribution in [0.4, 0.5) is 20.2 Å². The lowest BCUT2D eigenvalue weighted by atomic mass is 9.88. The summed E-state index contributed by atoms with van der Waals surface area (Å²) >= 11 is 0. The number of nitrogens with zero attached hydrogens (tertiary/aromatic N) is 4. The van der Waals surface area contributed by atoms with Crippen molar-refractivity contribution in [2.75, 3.05) is 49.1 Å². The minimum absolute atomic E-state index is 0.00843. The van der Waals surface area contributed by atoms with Crippen molar-refractivity contribution >= 4 is 27.3 Å². The van der Waals surface area contributed by atoms with Crippen molar-refractivity contribution in [3.05, 3.63) is 89.0 Å². The van der Waals surface area contributed by atoms with Gasteiger partial charge in [0.2, 0.25) is 10.0 Å². The number of rotatable bonds is 6. The van der Waals surface area contributed by atoms with Gasteiger partial charge in [0.1, 0.15) is 22.6 Å². The molecule has 8 nitrogen and oxygen atoms in total. The van der Waals surface area contributed by atoms with Gasteiger partial charge in [-0.05, 0) is 61.6 Å². The van der Waals surface area contributed by atoms with Crippen LogP contribution in [-0.2, 0) is 16.4 Å². The fraction of sp³-hybridized carbons (Fsp3) is 0.333. The van der Waals surface area contributed by atoms with Crippen LogP contribution in [0, 0.1) is 28.9 Å². The summed E-state index contributed by atoms with van der Waals surface area (Å²) in [5.41, 5.74) is 1.68. The zero-order valence-electron chi connectivity index (χ0n) is 22.5. The number of hydrogen-bond acceptors (Lipinski definition) is 6. The highest BCUT2D eigenvalue weighted by Crippen LogP contribution is 2.31. The lowest BCUT2D eigenvalue weighted by Crippen LogP contribution is -2.49. The van der Waals surface area contributed by atoms with Crippen molar-refractivity contribution in [2.45, 2.75) is 24.2 Å². The highest BCUT2D eigenvalue weighted by molar-refractivity contribution is 7.89. The largest absolute Gasteiger partial charge is 0.370 e. The maximum atomic E-state index is 15.6. The Bertz CT molecular complexity index is 1590. The smallest absolute Gasteiger partial charge is 0.256 e. The number of nitriles is 1. The number of para-hydroxylation sites is 2. The van der Waals surface area contributed by atoms with Crippen molar-refractivity contribution in [1.82, 2.24) is 4.90 Å². The second-order valence-electron chi connectivity index (χ2n) is 10.4. The van der Waals surface area contributed by atoms with Crippen LogP contribution < -0.4 is 14.9 Å². The maximum Gasteiger partial charge on any atom is 0.256 e. The summed E-state index contributed by atoms with van der Waals surface area (Å²) in [6.07, 6.45) is 1.60. The fourth-order valence-corrected chi connectivity index (χ4v) is 6.50. The highest BCUT2D eigenvalue weighted by Gasteiger charge is 2.29. The van der Waals surface area contributed by atoms with Gasteiger partial charge in [0.15, 0.2) is 0 Å². The molecule has 41 heavy (non-hydrogen) atoms. The van der Waals surface area contributed by atoms with Gasteiger partial charge in [0.25, 0.3) is 5.91 Å². The third kappa shape index (κ3) is 6.04. The Kier molecular flexibility index (Phi) is 8.24. The van der Waals surface area contributed by atoms with E-state index in [1.54, 1.807) is 24.3 Å². The van der Waals surface area contributed by atoms with E-state index < -0.39 is 27.6 Å². The first-order valence-electron chi connectivity index (χ1n) is 13.5. The number of hydrogen-bond donors (Lipinski definition) is 1. The molecule has 2 fully saturated rings. The Balaban J connectivity index is 1.24. The van der Waals surface area contributed by atoms with Crippen LogP contribution in [0.15, 0.2) is 65.6 Å². The fourth-order valence-electron chi connectivity index (χ4n) is 5.74. The second-order valence-corrected chi connectivity index (χ2v) is 12.0. The summed E-state index contributed by atoms with van der Waals surface area (Å²) in [7, 11) is -3.93. The van der Waals surface area contributed by atoms with Gasteiger partial charge in [-0.15, -0.1) is 0 Å². The summed E-state index contributed by atoms with van der Waals surface area (Å²) in [6.45, 7) is 2.50. The molecule has 214 valence electrons. The summed E-state index contributed by atoms with van der Waals surface area (Å²) in [6, 6.07) is 18.4. The van der Waals surface area contributed by atoms with E-state index in [1.165, 1.54) is 17.0 Å². The average Bonchev–Trinajstić information content (AvgIpc) is 2.99. The van der Waals surface area contributed by atoms with Crippen molar-refractivity contribution in [3.63, 3.8) is 0 Å². The SMILES string of the molecule is N#Cc1ccccc1N1CCC(Cc2c(F)ccc(C(=O)N3CCN(c4ccccc4S(N)(=O)=O)CC3)c2F)CC1. The Morgan fingerprint density at radius 2 is 1.49 bits per heavy atom. The highest BCUT2D eigenvalue weighted by atomic mass is 32.2. The molecule has 2 N–H and O–H groups in total. The van der Waals surface area contributed by atoms with Crippen molar-refractivity contribution in [1.29, 1.82) is 5.26 Å². The number of amides is 1. The molecular formula is C30H31F2N5O3S. The van der Waals surface area contributed by atoms with E-state index in [0.29, 0.717) is 50.3 Å². The van der Waals surface area contributed by atoms with E-state index in [9.17, 15) is 22.9 Å². The van der Waals surface area contributed by atoms with E-state index in [-0.39, 0.29) is 41.5 Å². The number of carbonyl (C=O) groups excluding carboxylic acids is 1. The van der Waals surface area contributed by atoms with Crippen molar-refractivity contribution in [3.8, 4) is 6.07 Å². The molecule has 3 aromatic rings. The lowest BCUT2D eigenvalue weighted by Gasteiger charge is -2.37. The van der Waals surface area contributed by atoms with Gasteiger partial charge in [-0.1, -0.05) is 24.3 Å². The molecule has 0 aliphatic carbocycles. The number of carbonyl (C=O) groups is 1. The Labute approximate surface area is 238 Å². The van der Waals surface area contributed by atoms with Crippen molar-refractivity contribution < 1.29 is 22.0 Å². The number of anilines is 2. The predicted octanol–water partition coefficient (Wildman–Crippen LogP) is 3.91. The molecule has 0 unspecified atom stereocenters. The van der Waals surface area contributed by atoms with E-state index >= 15 is 4.39 Å². The summed E-state index contributed by atoms with van der Waals surface area (Å²) in [4.78, 5) is 18.8. The normalized spacial score (nSPS) is 16.5. The number of sulfonamides is 1. The minimum Gasteiger partial charge on any atom is -0.370 e. The van der Waals surface area contributed by atoms with Gasteiger partial charge in [0.05, 0.1) is 22.5 Å². The second kappa shape index (κ2) is 11.8. The third-order valence-electron chi connectivity index (χ3n) is 7.97. The topological polar surface area (TPSA) is 111 Å². The molecule has 11 heteroatoms. The number of piperazine rings is 1. The van der Waals surface area contributed by atoms with E-state index in [0.717, 1.165) is 11.8 Å². The third-order valence-corrected chi connectivity index (χ3v) is 8.93. The molecule has 0 spiro atoms. The van der Waals surface area contributed by atoms with Gasteiger partial charge in [0, 0.05) is 44.8 Å². The zero-order valence-corrected chi connectivity index (χ0v) is 23.3. The molecule has 2 heterocycles. The number of halogens is 2. The lowest BCUT2D eigenvalue weighted by molar-refractivity contribution is 0.0741. The molecule has 3 aromatic carbocycles. The van der Waals surface area contributed by atoms with Crippen LogP contribution in [0.5, 0.6) is 0 Å². The summed E-state index contributed by atoms with van der Waals surface area (Å²) in [5.74, 6) is -1.97. The summed E-state index contributed by atoms with van der Waals surface area (Å²) in [5, 5.41) is 14.8. The van der Waals surface area contributed by atoms with Gasteiger partial charge in [-0.3, -0.25) is 4.79 Å². The molecule has 0 aromatic heterocycles. The van der Waals surface area contributed by atoms with Gasteiger partial charge in [-0.25, -0.2) is 22.3 Å². The zero-order chi connectivity index (χ0) is 29.1. The molecule has 1 amide bonds. The standard InChI is InChI=1S/C30H31F2N5O3S/c31-25-10-9-23(30(38)37-17-15-36(16-18-37)27-7-3-4-8-28(27)41(34,39)40)29(32)24(25)19-21-11-13-35(14-12-21)26-6-2-1-5-22(26)20-33/h1-10,21H,11-19H2,(H2,34,39,40). The molecule has 2 aliphatic heterocycles. The quantitative estimate of drug-likeness (QED) is 0.474.